The minimum atomic E-state index is -0.0582. The van der Waals surface area contributed by atoms with E-state index in [-0.39, 0.29) is 12.0 Å². The number of amides is 1. The Kier molecular flexibility index (Phi) is 4.97. The van der Waals surface area contributed by atoms with E-state index in [0.29, 0.717) is 31.8 Å². The van der Waals surface area contributed by atoms with Crippen molar-refractivity contribution in [2.24, 2.45) is 0 Å². The third-order valence-electron chi connectivity index (χ3n) is 3.86. The van der Waals surface area contributed by atoms with Gasteiger partial charge in [0.1, 0.15) is 5.82 Å². The predicted molar refractivity (Wildman–Crippen MR) is 83.9 cm³/mol. The predicted octanol–water partition coefficient (Wildman–Crippen LogP) is 1.17. The summed E-state index contributed by atoms with van der Waals surface area (Å²) in [6, 6.07) is 1.88. The van der Waals surface area contributed by atoms with Crippen molar-refractivity contribution in [3.8, 4) is 0 Å². The molecule has 1 aliphatic rings. The van der Waals surface area contributed by atoms with Gasteiger partial charge in [0.25, 0.3) is 5.91 Å². The Morgan fingerprint density at radius 3 is 2.91 bits per heavy atom. The van der Waals surface area contributed by atoms with Gasteiger partial charge in [-0.15, -0.1) is 0 Å². The second-order valence-electron chi connectivity index (χ2n) is 5.57. The molecule has 7 heteroatoms. The van der Waals surface area contributed by atoms with E-state index in [1.165, 1.54) is 0 Å². The van der Waals surface area contributed by atoms with E-state index < -0.39 is 0 Å². The molecule has 23 heavy (non-hydrogen) atoms. The van der Waals surface area contributed by atoms with Crippen LogP contribution in [0.15, 0.2) is 30.9 Å². The maximum Gasteiger partial charge on any atom is 0.257 e. The largest absolute Gasteiger partial charge is 0.374 e. The maximum absolute atomic E-state index is 12.7. The van der Waals surface area contributed by atoms with E-state index in [1.807, 2.05) is 28.8 Å². The van der Waals surface area contributed by atoms with Crippen LogP contribution in [-0.4, -0.2) is 56.4 Å². The number of hydrogen-bond donors (Lipinski definition) is 0. The molecule has 3 rings (SSSR count). The molecule has 0 saturated carbocycles. The summed E-state index contributed by atoms with van der Waals surface area (Å²) in [5.41, 5.74) is 0.530. The van der Waals surface area contributed by atoms with Crippen molar-refractivity contribution in [2.75, 3.05) is 19.7 Å². The Morgan fingerprint density at radius 2 is 2.22 bits per heavy atom. The van der Waals surface area contributed by atoms with E-state index in [9.17, 15) is 4.79 Å². The summed E-state index contributed by atoms with van der Waals surface area (Å²) in [6.45, 7) is 4.52. The van der Waals surface area contributed by atoms with Crippen LogP contribution in [0.1, 0.15) is 29.5 Å². The Labute approximate surface area is 135 Å². The molecule has 0 bridgehead atoms. The smallest absolute Gasteiger partial charge is 0.257 e. The standard InChI is InChI=1S/C16H21N5O2/c1-2-15-17-9-13(10-18-15)16(22)20-6-4-8-23-14(11-20)12-21-7-3-5-19-21/h3,5,7,9-10,14H,2,4,6,8,11-12H2,1H3/t14-/m0/s1. The summed E-state index contributed by atoms with van der Waals surface area (Å²) >= 11 is 0. The minimum absolute atomic E-state index is 0.0383. The summed E-state index contributed by atoms with van der Waals surface area (Å²) in [5, 5.41) is 4.20. The van der Waals surface area contributed by atoms with Gasteiger partial charge in [0.2, 0.25) is 0 Å². The molecule has 7 nitrogen and oxygen atoms in total. The topological polar surface area (TPSA) is 73.1 Å². The highest BCUT2D eigenvalue weighted by molar-refractivity contribution is 5.93. The van der Waals surface area contributed by atoms with Crippen LogP contribution < -0.4 is 0 Å². The lowest BCUT2D eigenvalue weighted by Gasteiger charge is -2.24. The average Bonchev–Trinajstić information content (AvgIpc) is 2.98. The van der Waals surface area contributed by atoms with Gasteiger partial charge in [-0.25, -0.2) is 9.97 Å². The van der Waals surface area contributed by atoms with Crippen LogP contribution >= 0.6 is 0 Å². The van der Waals surface area contributed by atoms with Crippen LogP contribution in [-0.2, 0) is 17.7 Å². The van der Waals surface area contributed by atoms with Crippen molar-refractivity contribution in [3.63, 3.8) is 0 Å². The van der Waals surface area contributed by atoms with Gasteiger partial charge in [0.05, 0.1) is 18.2 Å². The minimum Gasteiger partial charge on any atom is -0.374 e. The summed E-state index contributed by atoms with van der Waals surface area (Å²) < 4.78 is 7.67. The van der Waals surface area contributed by atoms with Crippen molar-refractivity contribution in [1.29, 1.82) is 0 Å². The summed E-state index contributed by atoms with van der Waals surface area (Å²) in [4.78, 5) is 22.9. The van der Waals surface area contributed by atoms with Gasteiger partial charge in [-0.3, -0.25) is 9.48 Å². The number of rotatable bonds is 4. The fourth-order valence-corrected chi connectivity index (χ4v) is 2.64. The Bertz CT molecular complexity index is 626. The molecule has 0 spiro atoms. The van der Waals surface area contributed by atoms with Crippen molar-refractivity contribution < 1.29 is 9.53 Å². The van der Waals surface area contributed by atoms with Gasteiger partial charge in [-0.1, -0.05) is 6.92 Å². The van der Waals surface area contributed by atoms with E-state index in [2.05, 4.69) is 15.1 Å². The first-order valence-electron chi connectivity index (χ1n) is 7.95. The zero-order chi connectivity index (χ0) is 16.1. The highest BCUT2D eigenvalue weighted by Crippen LogP contribution is 2.12. The van der Waals surface area contributed by atoms with Crippen LogP contribution in [0.3, 0.4) is 0 Å². The first-order valence-corrected chi connectivity index (χ1v) is 7.95. The monoisotopic (exact) mass is 315 g/mol. The Hall–Kier alpha value is -2.28. The molecule has 2 aromatic heterocycles. The van der Waals surface area contributed by atoms with E-state index in [0.717, 1.165) is 18.7 Å². The number of hydrogen-bond acceptors (Lipinski definition) is 5. The maximum atomic E-state index is 12.7. The average molecular weight is 315 g/mol. The molecule has 0 aliphatic carbocycles. The summed E-state index contributed by atoms with van der Waals surface area (Å²) in [6.07, 6.45) is 8.40. The van der Waals surface area contributed by atoms with Gasteiger partial charge >= 0.3 is 0 Å². The third-order valence-corrected chi connectivity index (χ3v) is 3.86. The molecule has 1 aliphatic heterocycles. The first kappa shape index (κ1) is 15.6. The number of carbonyl (C=O) groups is 1. The fourth-order valence-electron chi connectivity index (χ4n) is 2.64. The van der Waals surface area contributed by atoms with Gasteiger partial charge < -0.3 is 9.64 Å². The van der Waals surface area contributed by atoms with Crippen LogP contribution in [0.4, 0.5) is 0 Å². The number of aromatic nitrogens is 4. The van der Waals surface area contributed by atoms with Gasteiger partial charge in [-0.2, -0.15) is 5.10 Å². The molecule has 1 amide bonds. The molecule has 1 saturated heterocycles. The number of carbonyl (C=O) groups excluding carboxylic acids is 1. The number of aryl methyl sites for hydroxylation is 1. The molecule has 1 fully saturated rings. The van der Waals surface area contributed by atoms with Crippen molar-refractivity contribution in [2.45, 2.75) is 32.4 Å². The van der Waals surface area contributed by atoms with Crippen molar-refractivity contribution >= 4 is 5.91 Å². The number of nitrogens with zero attached hydrogens (tertiary/aromatic N) is 5. The second kappa shape index (κ2) is 7.32. The van der Waals surface area contributed by atoms with Gasteiger partial charge in [-0.05, 0) is 12.5 Å². The normalized spacial score (nSPS) is 18.7. The highest BCUT2D eigenvalue weighted by atomic mass is 16.5. The van der Waals surface area contributed by atoms with Gasteiger partial charge in [0.15, 0.2) is 0 Å². The molecular weight excluding hydrogens is 294 g/mol. The van der Waals surface area contributed by atoms with E-state index in [1.54, 1.807) is 18.6 Å². The Morgan fingerprint density at radius 1 is 1.39 bits per heavy atom. The third kappa shape index (κ3) is 3.92. The van der Waals surface area contributed by atoms with Crippen LogP contribution in [0.25, 0.3) is 0 Å². The highest BCUT2D eigenvalue weighted by Gasteiger charge is 2.24. The molecule has 0 aromatic carbocycles. The zero-order valence-corrected chi connectivity index (χ0v) is 13.3. The molecule has 3 heterocycles. The van der Waals surface area contributed by atoms with Gasteiger partial charge in [0, 0.05) is 50.9 Å². The molecule has 122 valence electrons. The lowest BCUT2D eigenvalue weighted by atomic mass is 10.2. The first-order chi connectivity index (χ1) is 11.3. The summed E-state index contributed by atoms with van der Waals surface area (Å²) in [7, 11) is 0. The molecule has 1 atom stereocenters. The second-order valence-corrected chi connectivity index (χ2v) is 5.57. The van der Waals surface area contributed by atoms with Crippen LogP contribution in [0, 0.1) is 0 Å². The van der Waals surface area contributed by atoms with Crippen LogP contribution in [0.5, 0.6) is 0 Å². The quantitative estimate of drug-likeness (QED) is 0.847. The van der Waals surface area contributed by atoms with Crippen molar-refractivity contribution in [1.82, 2.24) is 24.6 Å². The summed E-state index contributed by atoms with van der Waals surface area (Å²) in [5.74, 6) is 0.709. The lowest BCUT2D eigenvalue weighted by molar-refractivity contribution is 0.0367. The molecule has 0 unspecified atom stereocenters. The molecular formula is C16H21N5O2. The van der Waals surface area contributed by atoms with Crippen molar-refractivity contribution in [3.05, 3.63) is 42.2 Å². The van der Waals surface area contributed by atoms with E-state index in [4.69, 9.17) is 4.74 Å². The zero-order valence-electron chi connectivity index (χ0n) is 13.3. The lowest BCUT2D eigenvalue weighted by Crippen LogP contribution is -2.38. The molecule has 2 aromatic rings. The fraction of sp³-hybridized carbons (Fsp3) is 0.500. The molecule has 0 N–H and O–H groups in total. The van der Waals surface area contributed by atoms with E-state index >= 15 is 0 Å². The van der Waals surface area contributed by atoms with Crippen LogP contribution in [0.2, 0.25) is 0 Å². The number of ether oxygens (including phenoxy) is 1. The Balaban J connectivity index is 1.68. The molecule has 0 radical (unpaired) electrons. The SMILES string of the molecule is CCc1ncc(C(=O)N2CCCO[C@H](Cn3cccn3)C2)cn1.